The van der Waals surface area contributed by atoms with E-state index in [1.807, 2.05) is 26.0 Å². The van der Waals surface area contributed by atoms with E-state index in [0.29, 0.717) is 30.8 Å². The summed E-state index contributed by atoms with van der Waals surface area (Å²) in [5.41, 5.74) is 6.22. The van der Waals surface area contributed by atoms with Gasteiger partial charge in [-0.25, -0.2) is 0 Å². The summed E-state index contributed by atoms with van der Waals surface area (Å²) in [6.45, 7) is 5.44. The van der Waals surface area contributed by atoms with Crippen molar-refractivity contribution in [2.75, 3.05) is 18.0 Å². The molecule has 9 heteroatoms. The van der Waals surface area contributed by atoms with Crippen LogP contribution >= 0.6 is 0 Å². The number of halogens is 6. The minimum atomic E-state index is -4.96. The second-order valence-electron chi connectivity index (χ2n) is 9.09. The second kappa shape index (κ2) is 10.5. The fraction of sp³-hybridized carbons (Fsp3) is 0.500. The van der Waals surface area contributed by atoms with Crippen molar-refractivity contribution >= 4 is 11.6 Å². The topological polar surface area (TPSA) is 46.3 Å². The maximum Gasteiger partial charge on any atom is 0.416 e. The van der Waals surface area contributed by atoms with Crippen molar-refractivity contribution in [3.8, 4) is 0 Å². The van der Waals surface area contributed by atoms with Gasteiger partial charge in [0.2, 0.25) is 5.91 Å². The van der Waals surface area contributed by atoms with Crippen LogP contribution in [0.25, 0.3) is 0 Å². The van der Waals surface area contributed by atoms with Gasteiger partial charge in [0.05, 0.1) is 17.0 Å². The first-order valence-electron chi connectivity index (χ1n) is 11.8. The molecule has 0 radical (unpaired) electrons. The van der Waals surface area contributed by atoms with Crippen LogP contribution in [0.15, 0.2) is 30.3 Å². The smallest absolute Gasteiger partial charge is 0.371 e. The van der Waals surface area contributed by atoms with Gasteiger partial charge in [-0.15, -0.1) is 0 Å². The maximum absolute atomic E-state index is 13.4. The molecule has 0 heterocycles. The van der Waals surface area contributed by atoms with Gasteiger partial charge in [-0.3, -0.25) is 4.79 Å². The SMILES string of the molecule is CCCN(CCC)c1cc2c(cc1C(Cc1cc(C(F)(F)F)cc(C(F)(F)F)c1)C(N)=O)CCC2. The number of rotatable bonds is 9. The van der Waals surface area contributed by atoms with Gasteiger partial charge in [-0.1, -0.05) is 19.9 Å². The average molecular weight is 501 g/mol. The predicted molar refractivity (Wildman–Crippen MR) is 123 cm³/mol. The van der Waals surface area contributed by atoms with E-state index in [2.05, 4.69) is 4.90 Å². The van der Waals surface area contributed by atoms with Crippen LogP contribution in [-0.4, -0.2) is 19.0 Å². The van der Waals surface area contributed by atoms with Gasteiger partial charge >= 0.3 is 12.4 Å². The number of primary amides is 1. The minimum absolute atomic E-state index is 0.0911. The monoisotopic (exact) mass is 500 g/mol. The first kappa shape index (κ1) is 26.9. The Morgan fingerprint density at radius 2 is 1.40 bits per heavy atom. The summed E-state index contributed by atoms with van der Waals surface area (Å²) >= 11 is 0. The van der Waals surface area contributed by atoms with E-state index in [9.17, 15) is 31.1 Å². The molecule has 0 aromatic heterocycles. The van der Waals surface area contributed by atoms with Crippen molar-refractivity contribution in [2.24, 2.45) is 5.73 Å². The van der Waals surface area contributed by atoms with Crippen LogP contribution in [0.5, 0.6) is 0 Å². The largest absolute Gasteiger partial charge is 0.416 e. The summed E-state index contributed by atoms with van der Waals surface area (Å²) < 4.78 is 80.3. The zero-order chi connectivity index (χ0) is 26.0. The summed E-state index contributed by atoms with van der Waals surface area (Å²) in [4.78, 5) is 14.7. The van der Waals surface area contributed by atoms with Crippen LogP contribution in [-0.2, 0) is 36.4 Å². The Hall–Kier alpha value is -2.71. The first-order chi connectivity index (χ1) is 16.3. The lowest BCUT2D eigenvalue weighted by Gasteiger charge is -2.30. The van der Waals surface area contributed by atoms with Crippen molar-refractivity contribution in [3.05, 3.63) is 63.7 Å². The number of carbonyl (C=O) groups is 1. The number of benzene rings is 2. The molecule has 1 aliphatic rings. The Bertz CT molecular complexity index is 1020. The van der Waals surface area contributed by atoms with Crippen LogP contribution in [0.2, 0.25) is 0 Å². The molecule has 2 aromatic rings. The van der Waals surface area contributed by atoms with E-state index in [1.54, 1.807) is 0 Å². The number of hydrogen-bond acceptors (Lipinski definition) is 2. The molecule has 2 N–H and O–H groups in total. The Balaban J connectivity index is 2.14. The number of alkyl halides is 6. The quantitative estimate of drug-likeness (QED) is 0.392. The van der Waals surface area contributed by atoms with Gasteiger partial charge < -0.3 is 10.6 Å². The lowest BCUT2D eigenvalue weighted by atomic mass is 9.86. The highest BCUT2D eigenvalue weighted by molar-refractivity contribution is 5.85. The van der Waals surface area contributed by atoms with E-state index in [-0.39, 0.29) is 18.1 Å². The molecule has 1 atom stereocenters. The highest BCUT2D eigenvalue weighted by atomic mass is 19.4. The van der Waals surface area contributed by atoms with Crippen LogP contribution in [0.3, 0.4) is 0 Å². The molecule has 0 aliphatic heterocycles. The van der Waals surface area contributed by atoms with Crippen LogP contribution in [0.4, 0.5) is 32.0 Å². The number of hydrogen-bond donors (Lipinski definition) is 1. The molecule has 0 saturated carbocycles. The zero-order valence-corrected chi connectivity index (χ0v) is 19.8. The predicted octanol–water partition coefficient (Wildman–Crippen LogP) is 6.65. The maximum atomic E-state index is 13.4. The summed E-state index contributed by atoms with van der Waals surface area (Å²) in [5, 5.41) is 0. The number of amides is 1. The van der Waals surface area contributed by atoms with Crippen LogP contribution in [0.1, 0.15) is 72.4 Å². The Labute approximate surface area is 201 Å². The van der Waals surface area contributed by atoms with Gasteiger partial charge in [-0.05, 0) is 85.0 Å². The van der Waals surface area contributed by atoms with Gasteiger partial charge in [0.25, 0.3) is 0 Å². The molecular formula is C26H30F6N2O. The van der Waals surface area contributed by atoms with Gasteiger partial charge in [0, 0.05) is 18.8 Å². The molecule has 2 aromatic carbocycles. The number of fused-ring (bicyclic) bond motifs is 1. The summed E-state index contributed by atoms with van der Waals surface area (Å²) in [6, 6.07) is 5.34. The molecule has 1 unspecified atom stereocenters. The molecule has 3 nitrogen and oxygen atoms in total. The van der Waals surface area contributed by atoms with Crippen molar-refractivity contribution < 1.29 is 31.1 Å². The number of aryl methyl sites for hydroxylation is 2. The van der Waals surface area contributed by atoms with Crippen molar-refractivity contribution in [3.63, 3.8) is 0 Å². The Morgan fingerprint density at radius 3 is 1.86 bits per heavy atom. The third-order valence-electron chi connectivity index (χ3n) is 6.38. The van der Waals surface area contributed by atoms with E-state index in [4.69, 9.17) is 5.73 Å². The first-order valence-corrected chi connectivity index (χ1v) is 11.8. The molecule has 0 fully saturated rings. The summed E-state index contributed by atoms with van der Waals surface area (Å²) in [5.74, 6) is -1.86. The Morgan fingerprint density at radius 1 is 0.886 bits per heavy atom. The normalized spacial score (nSPS) is 14.6. The average Bonchev–Trinajstić information content (AvgIpc) is 3.22. The third-order valence-corrected chi connectivity index (χ3v) is 6.38. The highest BCUT2D eigenvalue weighted by Crippen LogP contribution is 2.40. The summed E-state index contributed by atoms with van der Waals surface area (Å²) in [6.07, 6.45) is -5.98. The molecule has 0 spiro atoms. The summed E-state index contributed by atoms with van der Waals surface area (Å²) in [7, 11) is 0. The zero-order valence-electron chi connectivity index (χ0n) is 19.8. The molecule has 192 valence electrons. The third kappa shape index (κ3) is 6.30. The molecule has 3 rings (SSSR count). The number of anilines is 1. The second-order valence-corrected chi connectivity index (χ2v) is 9.09. The van der Waals surface area contributed by atoms with E-state index in [1.165, 1.54) is 0 Å². The molecule has 1 aliphatic carbocycles. The number of nitrogens with zero attached hydrogens (tertiary/aromatic N) is 1. The van der Waals surface area contributed by atoms with Crippen molar-refractivity contribution in [1.29, 1.82) is 0 Å². The van der Waals surface area contributed by atoms with Crippen molar-refractivity contribution in [2.45, 2.75) is 70.6 Å². The van der Waals surface area contributed by atoms with Crippen LogP contribution < -0.4 is 10.6 Å². The molecule has 0 bridgehead atoms. The molecule has 35 heavy (non-hydrogen) atoms. The van der Waals surface area contributed by atoms with Gasteiger partial charge in [0.1, 0.15) is 0 Å². The lowest BCUT2D eigenvalue weighted by Crippen LogP contribution is -2.30. The minimum Gasteiger partial charge on any atom is -0.371 e. The molecule has 0 saturated heterocycles. The van der Waals surface area contributed by atoms with Crippen LogP contribution in [0, 0.1) is 0 Å². The number of nitrogens with two attached hydrogens (primary N) is 1. The molecule has 1 amide bonds. The van der Waals surface area contributed by atoms with Crippen molar-refractivity contribution in [1.82, 2.24) is 0 Å². The van der Waals surface area contributed by atoms with E-state index >= 15 is 0 Å². The van der Waals surface area contributed by atoms with Gasteiger partial charge in [0.15, 0.2) is 0 Å². The number of carbonyl (C=O) groups excluding carboxylic acids is 1. The molecular weight excluding hydrogens is 470 g/mol. The van der Waals surface area contributed by atoms with E-state index < -0.39 is 35.3 Å². The van der Waals surface area contributed by atoms with Gasteiger partial charge in [-0.2, -0.15) is 26.3 Å². The fourth-order valence-corrected chi connectivity index (χ4v) is 4.81. The van der Waals surface area contributed by atoms with E-state index in [0.717, 1.165) is 48.9 Å². The fourth-order valence-electron chi connectivity index (χ4n) is 4.81. The Kier molecular flexibility index (Phi) is 8.07. The lowest BCUT2D eigenvalue weighted by molar-refractivity contribution is -0.143. The standard InChI is InChI=1S/C26H30F6N2O/c1-3-8-34(9-4-2)23-14-18-7-5-6-17(18)13-21(23)22(24(33)35)12-16-10-19(25(27,28)29)15-20(11-16)26(30,31)32/h10-11,13-15,22H,3-9,12H2,1-2H3,(H2,33,35). The highest BCUT2D eigenvalue weighted by Gasteiger charge is 2.37.